The summed E-state index contributed by atoms with van der Waals surface area (Å²) in [7, 11) is 2.66. The monoisotopic (exact) mass is 250 g/mol. The van der Waals surface area contributed by atoms with Gasteiger partial charge in [-0.25, -0.2) is 0 Å². The third-order valence-electron chi connectivity index (χ3n) is 3.69. The second kappa shape index (κ2) is 6.33. The van der Waals surface area contributed by atoms with Gasteiger partial charge in [-0.1, -0.05) is 57.5 Å². The molecule has 0 heterocycles. The highest BCUT2D eigenvalue weighted by molar-refractivity contribution is 6.88. The Morgan fingerprint density at radius 3 is 2.18 bits per heavy atom. The van der Waals surface area contributed by atoms with Crippen molar-refractivity contribution in [3.63, 3.8) is 0 Å². The molecule has 17 heavy (non-hydrogen) atoms. The van der Waals surface area contributed by atoms with Crippen molar-refractivity contribution in [1.82, 2.24) is 9.55 Å². The van der Waals surface area contributed by atoms with Crippen molar-refractivity contribution >= 4 is 13.6 Å². The summed E-state index contributed by atoms with van der Waals surface area (Å²) in [6.45, 7) is 7.90. The van der Waals surface area contributed by atoms with Crippen molar-refractivity contribution in [2.75, 3.05) is 20.6 Å². The van der Waals surface area contributed by atoms with Crippen LogP contribution in [0.1, 0.15) is 27.2 Å². The zero-order valence-corrected chi connectivity index (χ0v) is 12.8. The van der Waals surface area contributed by atoms with Gasteiger partial charge < -0.3 is 9.55 Å². The van der Waals surface area contributed by atoms with Crippen LogP contribution in [0.2, 0.25) is 5.54 Å². The van der Waals surface area contributed by atoms with Crippen LogP contribution in [0.5, 0.6) is 0 Å². The van der Waals surface area contributed by atoms with E-state index in [0.29, 0.717) is 5.54 Å². The summed E-state index contributed by atoms with van der Waals surface area (Å²) in [5, 5.41) is 1.49. The maximum Gasteiger partial charge on any atom is 0.239 e. The SMILES string of the molecule is CCN[Si](c1ccccc1)(C(C)CC)N(C)C. The molecule has 0 aliphatic heterocycles. The van der Waals surface area contributed by atoms with Gasteiger partial charge in [0.05, 0.1) is 0 Å². The fourth-order valence-electron chi connectivity index (χ4n) is 2.68. The van der Waals surface area contributed by atoms with Gasteiger partial charge >= 0.3 is 0 Å². The van der Waals surface area contributed by atoms with Gasteiger partial charge in [-0.15, -0.1) is 0 Å². The molecule has 0 fully saturated rings. The summed E-state index contributed by atoms with van der Waals surface area (Å²) in [5.74, 6) is 0. The minimum Gasteiger partial charge on any atom is -0.322 e. The highest BCUT2D eigenvalue weighted by Gasteiger charge is 2.42. The molecule has 2 nitrogen and oxygen atoms in total. The van der Waals surface area contributed by atoms with Gasteiger partial charge in [0.2, 0.25) is 8.40 Å². The molecule has 1 rings (SSSR count). The minimum atomic E-state index is -1.77. The van der Waals surface area contributed by atoms with Crippen molar-refractivity contribution in [3.05, 3.63) is 30.3 Å². The molecule has 0 aromatic heterocycles. The molecular weight excluding hydrogens is 224 g/mol. The zero-order valence-electron chi connectivity index (χ0n) is 11.8. The van der Waals surface area contributed by atoms with Crippen LogP contribution >= 0.6 is 0 Å². The Bertz CT molecular complexity index is 326. The van der Waals surface area contributed by atoms with Crippen molar-refractivity contribution < 1.29 is 0 Å². The maximum absolute atomic E-state index is 3.83. The van der Waals surface area contributed by atoms with E-state index in [9.17, 15) is 0 Å². The molecule has 1 aromatic carbocycles. The minimum absolute atomic E-state index is 0.694. The van der Waals surface area contributed by atoms with E-state index in [1.807, 2.05) is 0 Å². The normalized spacial score (nSPS) is 16.8. The number of hydrogen-bond acceptors (Lipinski definition) is 2. The van der Waals surface area contributed by atoms with E-state index in [1.165, 1.54) is 11.6 Å². The second-order valence-electron chi connectivity index (χ2n) is 4.87. The molecule has 0 saturated carbocycles. The van der Waals surface area contributed by atoms with Crippen LogP contribution in [0.25, 0.3) is 0 Å². The number of nitrogens with zero attached hydrogens (tertiary/aromatic N) is 1. The van der Waals surface area contributed by atoms with Crippen molar-refractivity contribution in [3.8, 4) is 0 Å². The Hall–Kier alpha value is -0.643. The first-order chi connectivity index (χ1) is 8.09. The molecule has 0 saturated heterocycles. The molecular formula is C14H26N2Si. The summed E-state index contributed by atoms with van der Waals surface area (Å²) in [4.78, 5) is 3.83. The van der Waals surface area contributed by atoms with Gasteiger partial charge in [-0.3, -0.25) is 0 Å². The molecule has 0 amide bonds. The van der Waals surface area contributed by atoms with Crippen LogP contribution in [0.4, 0.5) is 0 Å². The molecule has 0 aliphatic rings. The fourth-order valence-corrected chi connectivity index (χ4v) is 7.34. The molecule has 1 N–H and O–H groups in total. The first kappa shape index (κ1) is 14.4. The van der Waals surface area contributed by atoms with Crippen LogP contribution in [0.3, 0.4) is 0 Å². The number of hydrogen-bond donors (Lipinski definition) is 1. The van der Waals surface area contributed by atoms with E-state index in [2.05, 4.69) is 74.7 Å². The Balaban J connectivity index is 3.24. The summed E-state index contributed by atoms with van der Waals surface area (Å²) in [6.07, 6.45) is 1.21. The van der Waals surface area contributed by atoms with Crippen LogP contribution in [0, 0.1) is 0 Å². The lowest BCUT2D eigenvalue weighted by atomic mass is 10.4. The number of rotatable bonds is 6. The molecule has 2 unspecified atom stereocenters. The first-order valence-electron chi connectivity index (χ1n) is 6.57. The summed E-state index contributed by atoms with van der Waals surface area (Å²) >= 11 is 0. The van der Waals surface area contributed by atoms with Crippen LogP contribution in [-0.2, 0) is 0 Å². The standard InChI is InChI=1S/C14H26N2Si/c1-6-13(3)17(15-7-2,16(4)5)14-11-9-8-10-12-14/h8-13,15H,6-7H2,1-5H3. The van der Waals surface area contributed by atoms with Crippen molar-refractivity contribution in [2.24, 2.45) is 0 Å². The van der Waals surface area contributed by atoms with E-state index in [0.717, 1.165) is 6.54 Å². The number of benzene rings is 1. The predicted molar refractivity (Wildman–Crippen MR) is 78.9 cm³/mol. The summed E-state index contributed by atoms with van der Waals surface area (Å²) in [6, 6.07) is 11.0. The summed E-state index contributed by atoms with van der Waals surface area (Å²) < 4.78 is 2.44. The van der Waals surface area contributed by atoms with Crippen LogP contribution in [0.15, 0.2) is 30.3 Å². The van der Waals surface area contributed by atoms with Crippen molar-refractivity contribution in [1.29, 1.82) is 0 Å². The Morgan fingerprint density at radius 1 is 1.18 bits per heavy atom. The maximum atomic E-state index is 3.83. The Morgan fingerprint density at radius 2 is 1.76 bits per heavy atom. The average Bonchev–Trinajstić information content (AvgIpc) is 2.35. The quantitative estimate of drug-likeness (QED) is 0.780. The van der Waals surface area contributed by atoms with Gasteiger partial charge in [0.1, 0.15) is 0 Å². The van der Waals surface area contributed by atoms with E-state index < -0.39 is 8.40 Å². The first-order valence-corrected chi connectivity index (χ1v) is 8.60. The topological polar surface area (TPSA) is 15.3 Å². The second-order valence-corrected chi connectivity index (χ2v) is 9.21. The molecule has 3 heteroatoms. The van der Waals surface area contributed by atoms with E-state index in [-0.39, 0.29) is 0 Å². The predicted octanol–water partition coefficient (Wildman–Crippen LogP) is 2.31. The van der Waals surface area contributed by atoms with Gasteiger partial charge in [0.25, 0.3) is 0 Å². The lowest BCUT2D eigenvalue weighted by Crippen LogP contribution is -2.71. The molecule has 0 bridgehead atoms. The molecule has 96 valence electrons. The molecule has 0 radical (unpaired) electrons. The largest absolute Gasteiger partial charge is 0.322 e. The molecule has 2 atom stereocenters. The van der Waals surface area contributed by atoms with Crippen LogP contribution < -0.4 is 10.2 Å². The highest BCUT2D eigenvalue weighted by Crippen LogP contribution is 2.24. The molecule has 0 aliphatic carbocycles. The molecule has 0 spiro atoms. The number of nitrogens with one attached hydrogen (secondary N) is 1. The molecule has 1 aromatic rings. The van der Waals surface area contributed by atoms with E-state index in [1.54, 1.807) is 0 Å². The lowest BCUT2D eigenvalue weighted by Gasteiger charge is -2.42. The Kier molecular flexibility index (Phi) is 5.37. The zero-order chi connectivity index (χ0) is 12.9. The van der Waals surface area contributed by atoms with E-state index in [4.69, 9.17) is 0 Å². The fraction of sp³-hybridized carbons (Fsp3) is 0.571. The Labute approximate surface area is 107 Å². The smallest absolute Gasteiger partial charge is 0.239 e. The summed E-state index contributed by atoms with van der Waals surface area (Å²) in [5.41, 5.74) is 0.694. The van der Waals surface area contributed by atoms with Gasteiger partial charge in [-0.2, -0.15) is 0 Å². The van der Waals surface area contributed by atoms with Crippen molar-refractivity contribution in [2.45, 2.75) is 32.7 Å². The van der Waals surface area contributed by atoms with Gasteiger partial charge in [-0.05, 0) is 31.4 Å². The third kappa shape index (κ3) is 2.79. The third-order valence-corrected chi connectivity index (χ3v) is 9.04. The lowest BCUT2D eigenvalue weighted by molar-refractivity contribution is 0.565. The van der Waals surface area contributed by atoms with E-state index >= 15 is 0 Å². The van der Waals surface area contributed by atoms with Gasteiger partial charge in [0, 0.05) is 0 Å². The van der Waals surface area contributed by atoms with Gasteiger partial charge in [0.15, 0.2) is 0 Å². The average molecular weight is 250 g/mol. The van der Waals surface area contributed by atoms with Crippen LogP contribution in [-0.4, -0.2) is 33.6 Å². The highest BCUT2D eigenvalue weighted by atomic mass is 28.3.